The maximum absolute atomic E-state index is 11.6. The number of amides is 2. The zero-order valence-electron chi connectivity index (χ0n) is 9.75. The van der Waals surface area contributed by atoms with E-state index >= 15 is 0 Å². The molecule has 0 aliphatic carbocycles. The van der Waals surface area contributed by atoms with Gasteiger partial charge in [0, 0.05) is 17.2 Å². The summed E-state index contributed by atoms with van der Waals surface area (Å²) < 4.78 is 3.50. The maximum Gasteiger partial charge on any atom is 0.335 e. The first kappa shape index (κ1) is 12.9. The summed E-state index contributed by atoms with van der Waals surface area (Å²) in [5.41, 5.74) is 1.24. The minimum absolute atomic E-state index is 0.194. The van der Waals surface area contributed by atoms with Gasteiger partial charge in [-0.25, -0.2) is 9.59 Å². The Labute approximate surface area is 111 Å². The number of aryl methyl sites for hydroxylation is 1. The number of carbonyl (C=O) groups excluding carboxylic acids is 1. The smallest absolute Gasteiger partial charge is 0.335 e. The Morgan fingerprint density at radius 1 is 1.32 bits per heavy atom. The summed E-state index contributed by atoms with van der Waals surface area (Å²) in [6.45, 7) is 1.65. The summed E-state index contributed by atoms with van der Waals surface area (Å²) in [5, 5.41) is 21.1. The third-order valence-electron chi connectivity index (χ3n) is 2.23. The summed E-state index contributed by atoms with van der Waals surface area (Å²) in [6.07, 6.45) is 0. The number of anilines is 2. The third-order valence-corrected chi connectivity index (χ3v) is 2.75. The van der Waals surface area contributed by atoms with E-state index in [1.165, 1.54) is 12.1 Å². The average Bonchev–Trinajstić information content (AvgIpc) is 2.81. The van der Waals surface area contributed by atoms with Gasteiger partial charge in [0.2, 0.25) is 5.13 Å². The number of aromatic nitrogens is 3. The summed E-state index contributed by atoms with van der Waals surface area (Å²) >= 11 is 0.949. The molecule has 98 valence electrons. The highest BCUT2D eigenvalue weighted by Crippen LogP contribution is 2.15. The second kappa shape index (κ2) is 5.40. The molecule has 2 amide bonds. The number of benzene rings is 1. The van der Waals surface area contributed by atoms with E-state index in [-0.39, 0.29) is 10.7 Å². The van der Waals surface area contributed by atoms with Gasteiger partial charge in [0.1, 0.15) is 0 Å². The number of nitrogens with one attached hydrogen (secondary N) is 2. The number of hydrogen-bond acceptors (Lipinski definition) is 6. The molecule has 0 atom stereocenters. The zero-order valence-corrected chi connectivity index (χ0v) is 10.6. The van der Waals surface area contributed by atoms with Crippen LogP contribution in [0.25, 0.3) is 0 Å². The van der Waals surface area contributed by atoms with Crippen molar-refractivity contribution in [2.75, 3.05) is 10.6 Å². The Hall–Kier alpha value is -2.55. The maximum atomic E-state index is 11.6. The highest BCUT2D eigenvalue weighted by Gasteiger charge is 2.09. The fourth-order valence-electron chi connectivity index (χ4n) is 1.42. The standard InChI is InChI=1S/C10H9N5O3S/c1-5-4-6(2-3-7(5)8(16)17)11-9(18)12-10-13-14-15-19-10/h2-4H,1H3,(H,16,17)(H2,11,12,13,15,18). The molecule has 1 heterocycles. The summed E-state index contributed by atoms with van der Waals surface area (Å²) in [6, 6.07) is 4.01. The van der Waals surface area contributed by atoms with Crippen LogP contribution in [0.3, 0.4) is 0 Å². The molecule has 9 heteroatoms. The molecule has 0 saturated carbocycles. The summed E-state index contributed by atoms with van der Waals surface area (Å²) in [4.78, 5) is 22.4. The Morgan fingerprint density at radius 2 is 2.11 bits per heavy atom. The van der Waals surface area contributed by atoms with E-state index in [1.807, 2.05) is 0 Å². The molecule has 0 aliphatic rings. The van der Waals surface area contributed by atoms with E-state index in [9.17, 15) is 9.59 Å². The number of aromatic carboxylic acids is 1. The van der Waals surface area contributed by atoms with Crippen LogP contribution in [0.4, 0.5) is 15.6 Å². The highest BCUT2D eigenvalue weighted by molar-refractivity contribution is 7.09. The molecule has 0 fully saturated rings. The van der Waals surface area contributed by atoms with Crippen LogP contribution >= 0.6 is 11.5 Å². The van der Waals surface area contributed by atoms with Crippen LogP contribution in [-0.4, -0.2) is 31.9 Å². The van der Waals surface area contributed by atoms with Gasteiger partial charge in [-0.15, -0.1) is 0 Å². The van der Waals surface area contributed by atoms with E-state index in [0.29, 0.717) is 11.3 Å². The number of carboxylic acids is 1. The zero-order chi connectivity index (χ0) is 13.8. The Bertz CT molecular complexity index is 614. The average molecular weight is 279 g/mol. The lowest BCUT2D eigenvalue weighted by molar-refractivity contribution is 0.0696. The lowest BCUT2D eigenvalue weighted by Gasteiger charge is -2.07. The van der Waals surface area contributed by atoms with Crippen molar-refractivity contribution < 1.29 is 14.7 Å². The van der Waals surface area contributed by atoms with Crippen molar-refractivity contribution in [2.45, 2.75) is 6.92 Å². The topological polar surface area (TPSA) is 117 Å². The van der Waals surface area contributed by atoms with Crippen molar-refractivity contribution in [3.8, 4) is 0 Å². The van der Waals surface area contributed by atoms with Gasteiger partial charge >= 0.3 is 12.0 Å². The second-order valence-electron chi connectivity index (χ2n) is 3.58. The van der Waals surface area contributed by atoms with E-state index in [0.717, 1.165) is 11.5 Å². The second-order valence-corrected chi connectivity index (χ2v) is 4.31. The predicted molar refractivity (Wildman–Crippen MR) is 68.5 cm³/mol. The molecule has 0 radical (unpaired) electrons. The molecule has 2 aromatic rings. The molecule has 8 nitrogen and oxygen atoms in total. The quantitative estimate of drug-likeness (QED) is 0.785. The largest absolute Gasteiger partial charge is 0.478 e. The molecule has 1 aromatic carbocycles. The number of carbonyl (C=O) groups is 2. The van der Waals surface area contributed by atoms with E-state index in [2.05, 4.69) is 25.4 Å². The van der Waals surface area contributed by atoms with Gasteiger partial charge < -0.3 is 10.4 Å². The van der Waals surface area contributed by atoms with E-state index < -0.39 is 12.0 Å². The fraction of sp³-hybridized carbons (Fsp3) is 0.100. The van der Waals surface area contributed by atoms with Crippen molar-refractivity contribution in [3.05, 3.63) is 29.3 Å². The van der Waals surface area contributed by atoms with Crippen molar-refractivity contribution >= 4 is 34.4 Å². The lowest BCUT2D eigenvalue weighted by Crippen LogP contribution is -2.19. The number of nitrogens with zero attached hydrogens (tertiary/aromatic N) is 3. The van der Waals surface area contributed by atoms with E-state index in [1.54, 1.807) is 13.0 Å². The Morgan fingerprint density at radius 3 is 2.68 bits per heavy atom. The summed E-state index contributed by atoms with van der Waals surface area (Å²) in [5.74, 6) is -1.01. The SMILES string of the molecule is Cc1cc(NC(=O)Nc2nnns2)ccc1C(=O)O. The molecule has 0 saturated heterocycles. The summed E-state index contributed by atoms with van der Waals surface area (Å²) in [7, 11) is 0. The molecule has 3 N–H and O–H groups in total. The van der Waals surface area contributed by atoms with Crippen molar-refractivity contribution in [1.82, 2.24) is 14.8 Å². The monoisotopic (exact) mass is 279 g/mol. The Balaban J connectivity index is 2.05. The van der Waals surface area contributed by atoms with Crippen molar-refractivity contribution in [2.24, 2.45) is 0 Å². The fourth-order valence-corrected chi connectivity index (χ4v) is 1.78. The first-order valence-corrected chi connectivity index (χ1v) is 5.90. The van der Waals surface area contributed by atoms with Crippen molar-refractivity contribution in [1.29, 1.82) is 0 Å². The van der Waals surface area contributed by atoms with Crippen LogP contribution in [-0.2, 0) is 0 Å². The van der Waals surface area contributed by atoms with Crippen LogP contribution in [0.15, 0.2) is 18.2 Å². The third kappa shape index (κ3) is 3.22. The first-order chi connectivity index (χ1) is 9.06. The predicted octanol–water partition coefficient (Wildman–Crippen LogP) is 1.58. The minimum atomic E-state index is -1.01. The number of rotatable bonds is 3. The van der Waals surface area contributed by atoms with Gasteiger partial charge in [0.05, 0.1) is 5.56 Å². The number of carboxylic acid groups (broad SMARTS) is 1. The molecule has 0 unspecified atom stereocenters. The van der Waals surface area contributed by atoms with Crippen LogP contribution < -0.4 is 10.6 Å². The van der Waals surface area contributed by atoms with Crippen molar-refractivity contribution in [3.63, 3.8) is 0 Å². The van der Waals surface area contributed by atoms with E-state index in [4.69, 9.17) is 5.11 Å². The van der Waals surface area contributed by atoms with Crippen LogP contribution in [0.5, 0.6) is 0 Å². The number of urea groups is 1. The minimum Gasteiger partial charge on any atom is -0.478 e. The molecular weight excluding hydrogens is 270 g/mol. The molecule has 1 aromatic heterocycles. The van der Waals surface area contributed by atoms with Gasteiger partial charge in [-0.1, -0.05) is 9.59 Å². The Kier molecular flexibility index (Phi) is 3.66. The van der Waals surface area contributed by atoms with Gasteiger partial charge in [0.25, 0.3) is 0 Å². The van der Waals surface area contributed by atoms with Gasteiger partial charge in [-0.3, -0.25) is 5.32 Å². The molecule has 0 bridgehead atoms. The molecule has 2 rings (SSSR count). The molecule has 0 aliphatic heterocycles. The van der Waals surface area contributed by atoms with Crippen LogP contribution in [0.2, 0.25) is 0 Å². The lowest BCUT2D eigenvalue weighted by atomic mass is 10.1. The normalized spacial score (nSPS) is 9.95. The highest BCUT2D eigenvalue weighted by atomic mass is 32.1. The number of hydrogen-bond donors (Lipinski definition) is 3. The molecule has 0 spiro atoms. The van der Waals surface area contributed by atoms with Gasteiger partial charge in [-0.2, -0.15) is 0 Å². The van der Waals surface area contributed by atoms with Gasteiger partial charge in [0.15, 0.2) is 0 Å². The van der Waals surface area contributed by atoms with Crippen LogP contribution in [0, 0.1) is 6.92 Å². The first-order valence-electron chi connectivity index (χ1n) is 5.13. The molecule has 19 heavy (non-hydrogen) atoms. The van der Waals surface area contributed by atoms with Crippen LogP contribution in [0.1, 0.15) is 15.9 Å². The molecular formula is C10H9N5O3S. The van der Waals surface area contributed by atoms with Gasteiger partial charge in [-0.05, 0) is 35.9 Å².